The molecule has 1 heterocycles. The molecule has 1 saturated carbocycles. The van der Waals surface area contributed by atoms with Crippen molar-refractivity contribution in [2.24, 2.45) is 11.8 Å². The highest BCUT2D eigenvalue weighted by atomic mass is 15.2. The first-order valence-electron chi connectivity index (χ1n) is 6.93. The van der Waals surface area contributed by atoms with E-state index in [2.05, 4.69) is 40.5 Å². The highest BCUT2D eigenvalue weighted by molar-refractivity contribution is 5.42. The fraction of sp³-hybridized carbons (Fsp3) is 0.600. The van der Waals surface area contributed by atoms with Gasteiger partial charge in [-0.1, -0.05) is 24.6 Å². The number of nitrogens with zero attached hydrogens (tertiary/aromatic N) is 1. The van der Waals surface area contributed by atoms with Gasteiger partial charge in [0.05, 0.1) is 0 Å². The number of hydrogen-bond donors (Lipinski definition) is 1. The molecule has 17 heavy (non-hydrogen) atoms. The van der Waals surface area contributed by atoms with E-state index in [0.717, 1.165) is 18.4 Å². The molecule has 3 rings (SSSR count). The molecule has 1 aliphatic carbocycles. The fourth-order valence-electron chi connectivity index (χ4n) is 3.43. The van der Waals surface area contributed by atoms with Gasteiger partial charge in [-0.05, 0) is 36.8 Å². The second-order valence-corrected chi connectivity index (χ2v) is 5.50. The minimum Gasteiger partial charge on any atom is -0.384 e. The molecular weight excluding hydrogens is 208 g/mol. The first-order valence-corrected chi connectivity index (χ1v) is 6.93. The minimum absolute atomic E-state index is 1.02. The number of para-hydroxylation sites is 1. The van der Waals surface area contributed by atoms with Gasteiger partial charge in [0.15, 0.2) is 0 Å². The predicted octanol–water partition coefficient (Wildman–Crippen LogP) is 2.83. The van der Waals surface area contributed by atoms with Crippen molar-refractivity contribution < 1.29 is 0 Å². The lowest BCUT2D eigenvalue weighted by Gasteiger charge is -2.17. The summed E-state index contributed by atoms with van der Waals surface area (Å²) in [6.07, 6.45) is 4.44. The smallest absolute Gasteiger partial charge is 0.0340 e. The number of hydrogen-bond acceptors (Lipinski definition) is 2. The molecule has 1 N–H and O–H groups in total. The van der Waals surface area contributed by atoms with Gasteiger partial charge >= 0.3 is 0 Å². The van der Waals surface area contributed by atoms with Crippen molar-refractivity contribution in [1.29, 1.82) is 0 Å². The summed E-state index contributed by atoms with van der Waals surface area (Å²) in [7, 11) is 0. The molecule has 2 fully saturated rings. The Balaban J connectivity index is 1.41. The molecule has 1 aromatic carbocycles. The lowest BCUT2D eigenvalue weighted by Crippen LogP contribution is -2.27. The quantitative estimate of drug-likeness (QED) is 0.855. The van der Waals surface area contributed by atoms with E-state index >= 15 is 0 Å². The van der Waals surface area contributed by atoms with Crippen LogP contribution in [-0.4, -0.2) is 31.1 Å². The van der Waals surface area contributed by atoms with Crippen molar-refractivity contribution >= 4 is 5.69 Å². The van der Waals surface area contributed by atoms with E-state index in [1.54, 1.807) is 0 Å². The predicted molar refractivity (Wildman–Crippen MR) is 72.2 cm³/mol. The highest BCUT2D eigenvalue weighted by Crippen LogP contribution is 2.37. The van der Waals surface area contributed by atoms with E-state index in [1.165, 1.54) is 44.6 Å². The van der Waals surface area contributed by atoms with E-state index in [-0.39, 0.29) is 0 Å². The molecular formula is C15H22N2. The Kier molecular flexibility index (Phi) is 3.32. The van der Waals surface area contributed by atoms with Crippen molar-refractivity contribution in [2.75, 3.05) is 31.5 Å². The van der Waals surface area contributed by atoms with Crippen LogP contribution in [0.4, 0.5) is 5.69 Å². The van der Waals surface area contributed by atoms with Crippen LogP contribution in [0.15, 0.2) is 30.3 Å². The summed E-state index contributed by atoms with van der Waals surface area (Å²) >= 11 is 0. The molecule has 1 aromatic rings. The lowest BCUT2D eigenvalue weighted by atomic mass is 10.0. The van der Waals surface area contributed by atoms with Gasteiger partial charge in [-0.2, -0.15) is 0 Å². The Morgan fingerprint density at radius 1 is 1.06 bits per heavy atom. The van der Waals surface area contributed by atoms with Crippen LogP contribution in [0.5, 0.6) is 0 Å². The molecule has 0 amide bonds. The molecule has 0 radical (unpaired) electrons. The molecule has 0 aromatic heterocycles. The number of nitrogens with one attached hydrogen (secondary N) is 1. The molecule has 0 spiro atoms. The van der Waals surface area contributed by atoms with Gasteiger partial charge in [-0.3, -0.25) is 0 Å². The van der Waals surface area contributed by atoms with E-state index in [0.29, 0.717) is 0 Å². The summed E-state index contributed by atoms with van der Waals surface area (Å²) in [4.78, 5) is 2.64. The van der Waals surface area contributed by atoms with Crippen LogP contribution in [0.1, 0.15) is 19.3 Å². The molecule has 2 nitrogen and oxygen atoms in total. The third-order valence-corrected chi connectivity index (χ3v) is 4.33. The number of rotatable bonds is 4. The molecule has 1 saturated heterocycles. The van der Waals surface area contributed by atoms with Gasteiger partial charge in [0.25, 0.3) is 0 Å². The summed E-state index contributed by atoms with van der Waals surface area (Å²) in [6, 6.07) is 10.5. The molecule has 2 unspecified atom stereocenters. The third kappa shape index (κ3) is 2.63. The van der Waals surface area contributed by atoms with Crippen molar-refractivity contribution in [1.82, 2.24) is 4.90 Å². The van der Waals surface area contributed by atoms with Gasteiger partial charge < -0.3 is 10.2 Å². The molecule has 2 heteroatoms. The summed E-state index contributed by atoms with van der Waals surface area (Å²) in [6.45, 7) is 4.97. The van der Waals surface area contributed by atoms with Crippen LogP contribution in [0, 0.1) is 11.8 Å². The first-order chi connectivity index (χ1) is 8.42. The fourth-order valence-corrected chi connectivity index (χ4v) is 3.43. The first kappa shape index (κ1) is 11.1. The van der Waals surface area contributed by atoms with Crippen LogP contribution in [-0.2, 0) is 0 Å². The minimum atomic E-state index is 1.02. The maximum Gasteiger partial charge on any atom is 0.0340 e. The van der Waals surface area contributed by atoms with Gasteiger partial charge in [0.1, 0.15) is 0 Å². The van der Waals surface area contributed by atoms with Gasteiger partial charge in [0, 0.05) is 31.9 Å². The summed E-state index contributed by atoms with van der Waals surface area (Å²) < 4.78 is 0. The Labute approximate surface area is 104 Å². The van der Waals surface area contributed by atoms with Crippen molar-refractivity contribution in [3.63, 3.8) is 0 Å². The zero-order valence-corrected chi connectivity index (χ0v) is 10.4. The second kappa shape index (κ2) is 5.09. The zero-order chi connectivity index (χ0) is 11.5. The van der Waals surface area contributed by atoms with E-state index < -0.39 is 0 Å². The Bertz CT molecular complexity index is 337. The summed E-state index contributed by atoms with van der Waals surface area (Å²) in [5.74, 6) is 2.04. The van der Waals surface area contributed by atoms with Crippen LogP contribution in [0.25, 0.3) is 0 Å². The van der Waals surface area contributed by atoms with Crippen molar-refractivity contribution in [2.45, 2.75) is 19.3 Å². The highest BCUT2D eigenvalue weighted by Gasteiger charge is 2.35. The SMILES string of the molecule is c1ccc(NCCN2CC3CCCC3C2)cc1. The standard InChI is InChI=1S/C15H22N2/c1-2-7-15(8-3-1)16-9-10-17-11-13-5-4-6-14(13)12-17/h1-3,7-8,13-14,16H,4-6,9-12H2. The van der Waals surface area contributed by atoms with Gasteiger partial charge in [0.2, 0.25) is 0 Å². The normalized spacial score (nSPS) is 28.2. The Hall–Kier alpha value is -1.02. The number of fused-ring (bicyclic) bond motifs is 1. The van der Waals surface area contributed by atoms with Crippen molar-refractivity contribution in [3.05, 3.63) is 30.3 Å². The average Bonchev–Trinajstić information content (AvgIpc) is 2.91. The van der Waals surface area contributed by atoms with Crippen LogP contribution in [0.2, 0.25) is 0 Å². The van der Waals surface area contributed by atoms with Crippen LogP contribution < -0.4 is 5.32 Å². The maximum absolute atomic E-state index is 3.50. The van der Waals surface area contributed by atoms with E-state index in [9.17, 15) is 0 Å². The molecule has 0 bridgehead atoms. The van der Waals surface area contributed by atoms with Crippen molar-refractivity contribution in [3.8, 4) is 0 Å². The number of likely N-dealkylation sites (tertiary alicyclic amines) is 1. The molecule has 2 atom stereocenters. The summed E-state index contributed by atoms with van der Waals surface area (Å²) in [5.41, 5.74) is 1.24. The Morgan fingerprint density at radius 2 is 1.76 bits per heavy atom. The second-order valence-electron chi connectivity index (χ2n) is 5.50. The largest absolute Gasteiger partial charge is 0.384 e. The molecule has 92 valence electrons. The Morgan fingerprint density at radius 3 is 2.47 bits per heavy atom. The van der Waals surface area contributed by atoms with Gasteiger partial charge in [-0.25, -0.2) is 0 Å². The monoisotopic (exact) mass is 230 g/mol. The maximum atomic E-state index is 3.50. The van der Waals surface area contributed by atoms with E-state index in [1.807, 2.05) is 0 Å². The van der Waals surface area contributed by atoms with Gasteiger partial charge in [-0.15, -0.1) is 0 Å². The third-order valence-electron chi connectivity index (χ3n) is 4.33. The molecule has 1 aliphatic heterocycles. The molecule has 2 aliphatic rings. The summed E-state index contributed by atoms with van der Waals surface area (Å²) in [5, 5.41) is 3.50. The van der Waals surface area contributed by atoms with Crippen LogP contribution in [0.3, 0.4) is 0 Å². The average molecular weight is 230 g/mol. The van der Waals surface area contributed by atoms with E-state index in [4.69, 9.17) is 0 Å². The topological polar surface area (TPSA) is 15.3 Å². The lowest BCUT2D eigenvalue weighted by molar-refractivity contribution is 0.323. The van der Waals surface area contributed by atoms with Crippen LogP contribution >= 0.6 is 0 Å². The number of benzene rings is 1. The number of anilines is 1. The zero-order valence-electron chi connectivity index (χ0n) is 10.4.